The first-order valence-corrected chi connectivity index (χ1v) is 3.40. The molecule has 0 atom stereocenters. The second-order valence-corrected chi connectivity index (χ2v) is 3.08. The van der Waals surface area contributed by atoms with Crippen molar-refractivity contribution in [1.29, 1.82) is 0 Å². The van der Waals surface area contributed by atoms with Crippen LogP contribution in [0.1, 0.15) is 13.3 Å². The average molecular weight is 237 g/mol. The summed E-state index contributed by atoms with van der Waals surface area (Å²) < 4.78 is 48.1. The van der Waals surface area contributed by atoms with Gasteiger partial charge in [0.25, 0.3) is 0 Å². The fourth-order valence-corrected chi connectivity index (χ4v) is 0.553. The van der Waals surface area contributed by atoms with E-state index in [1.807, 2.05) is 0 Å². The largest absolute Gasteiger partial charge is 0.363 e. The molecule has 0 heterocycles. The van der Waals surface area contributed by atoms with Gasteiger partial charge in [0.1, 0.15) is 5.78 Å². The molecule has 0 spiro atoms. The monoisotopic (exact) mass is 236 g/mol. The smallest absolute Gasteiger partial charge is 0.300 e. The fourth-order valence-electron chi connectivity index (χ4n) is 0.413. The van der Waals surface area contributed by atoms with Crippen molar-refractivity contribution < 1.29 is 22.4 Å². The molecular formula is C5H5BrF4O. The van der Waals surface area contributed by atoms with Gasteiger partial charge in [-0.3, -0.25) is 4.79 Å². The van der Waals surface area contributed by atoms with Crippen LogP contribution in [-0.2, 0) is 4.79 Å². The summed E-state index contributed by atoms with van der Waals surface area (Å²) in [6.07, 6.45) is -1.45. The third-order valence-electron chi connectivity index (χ3n) is 0.886. The number of hydrogen-bond donors (Lipinski definition) is 0. The molecule has 0 bridgehead atoms. The summed E-state index contributed by atoms with van der Waals surface area (Å²) in [6.45, 7) is 0.826. The van der Waals surface area contributed by atoms with Crippen LogP contribution in [0, 0.1) is 0 Å². The van der Waals surface area contributed by atoms with Crippen molar-refractivity contribution >= 4 is 21.7 Å². The third-order valence-corrected chi connectivity index (χ3v) is 1.47. The maximum Gasteiger partial charge on any atom is 0.363 e. The Labute approximate surface area is 68.9 Å². The molecule has 0 aromatic rings. The molecule has 0 N–H and O–H groups in total. The summed E-state index contributed by atoms with van der Waals surface area (Å²) in [6, 6.07) is 0. The molecule has 0 rings (SSSR count). The van der Waals surface area contributed by atoms with Gasteiger partial charge >= 0.3 is 10.8 Å². The highest BCUT2D eigenvalue weighted by molar-refractivity contribution is 9.10. The highest BCUT2D eigenvalue weighted by Gasteiger charge is 2.54. The first kappa shape index (κ1) is 10.9. The molecule has 1 nitrogen and oxygen atoms in total. The van der Waals surface area contributed by atoms with Crippen LogP contribution in [0.25, 0.3) is 0 Å². The van der Waals surface area contributed by atoms with Crippen molar-refractivity contribution in [3.8, 4) is 0 Å². The van der Waals surface area contributed by atoms with E-state index < -0.39 is 23.0 Å². The Morgan fingerprint density at radius 1 is 1.36 bits per heavy atom. The van der Waals surface area contributed by atoms with Gasteiger partial charge in [0.2, 0.25) is 0 Å². The van der Waals surface area contributed by atoms with Crippen LogP contribution in [0.2, 0.25) is 0 Å². The number of ketones is 1. The molecular weight excluding hydrogens is 232 g/mol. The number of carbonyl (C=O) groups excluding carboxylic acids is 1. The Hall–Kier alpha value is -0.130. The lowest BCUT2D eigenvalue weighted by Crippen LogP contribution is -2.36. The SMILES string of the molecule is CC(=O)CC(F)(F)C(F)(F)Br. The number of halogens is 5. The zero-order chi connectivity index (χ0) is 9.28. The first-order valence-electron chi connectivity index (χ1n) is 2.61. The molecule has 0 fully saturated rings. The Bertz CT molecular complexity index is 162. The van der Waals surface area contributed by atoms with Gasteiger partial charge in [-0.2, -0.15) is 17.6 Å². The van der Waals surface area contributed by atoms with Crippen molar-refractivity contribution in [3.63, 3.8) is 0 Å². The van der Waals surface area contributed by atoms with Crippen molar-refractivity contribution in [2.75, 3.05) is 0 Å². The second-order valence-electron chi connectivity index (χ2n) is 2.08. The fraction of sp³-hybridized carbons (Fsp3) is 0.800. The molecule has 0 aliphatic heterocycles. The van der Waals surface area contributed by atoms with Gasteiger partial charge in [0.05, 0.1) is 6.42 Å². The number of alkyl halides is 5. The zero-order valence-corrected chi connectivity index (χ0v) is 7.09. The van der Waals surface area contributed by atoms with E-state index in [2.05, 4.69) is 0 Å². The van der Waals surface area contributed by atoms with Gasteiger partial charge in [-0.15, -0.1) is 0 Å². The number of rotatable bonds is 3. The highest BCUT2D eigenvalue weighted by atomic mass is 79.9. The van der Waals surface area contributed by atoms with E-state index in [1.165, 1.54) is 15.9 Å². The molecule has 0 amide bonds. The van der Waals surface area contributed by atoms with Crippen molar-refractivity contribution in [2.45, 2.75) is 24.1 Å². The maximum atomic E-state index is 12.2. The second kappa shape index (κ2) is 3.08. The average Bonchev–Trinajstić information content (AvgIpc) is 1.56. The van der Waals surface area contributed by atoms with E-state index in [0.29, 0.717) is 0 Å². The minimum Gasteiger partial charge on any atom is -0.300 e. The van der Waals surface area contributed by atoms with Crippen LogP contribution in [-0.4, -0.2) is 16.5 Å². The van der Waals surface area contributed by atoms with Crippen molar-refractivity contribution in [2.24, 2.45) is 0 Å². The van der Waals surface area contributed by atoms with Crippen LogP contribution < -0.4 is 0 Å². The lowest BCUT2D eigenvalue weighted by atomic mass is 10.2. The standard InChI is InChI=1S/C5H5BrF4O/c1-3(11)2-4(7,8)5(6,9)10/h2H2,1H3. The maximum absolute atomic E-state index is 12.2. The molecule has 0 saturated carbocycles. The van der Waals surface area contributed by atoms with E-state index in [9.17, 15) is 22.4 Å². The molecule has 0 aliphatic rings. The normalized spacial score (nSPS) is 13.3. The highest BCUT2D eigenvalue weighted by Crippen LogP contribution is 2.41. The van der Waals surface area contributed by atoms with Gasteiger partial charge in [0, 0.05) is 0 Å². The Kier molecular flexibility index (Phi) is 3.05. The van der Waals surface area contributed by atoms with Crippen LogP contribution >= 0.6 is 15.9 Å². The Morgan fingerprint density at radius 2 is 1.73 bits per heavy atom. The van der Waals surface area contributed by atoms with E-state index in [4.69, 9.17) is 0 Å². The minimum atomic E-state index is -4.31. The van der Waals surface area contributed by atoms with Crippen LogP contribution in [0.15, 0.2) is 0 Å². The van der Waals surface area contributed by atoms with Crippen LogP contribution in [0.3, 0.4) is 0 Å². The lowest BCUT2D eigenvalue weighted by Gasteiger charge is -2.19. The number of carbonyl (C=O) groups is 1. The summed E-state index contributed by atoms with van der Waals surface area (Å²) in [7, 11) is 0. The van der Waals surface area contributed by atoms with Crippen molar-refractivity contribution in [1.82, 2.24) is 0 Å². The van der Waals surface area contributed by atoms with Gasteiger partial charge in [-0.25, -0.2) is 0 Å². The quantitative estimate of drug-likeness (QED) is 0.544. The molecule has 0 radical (unpaired) electrons. The Morgan fingerprint density at radius 3 is 1.82 bits per heavy atom. The number of hydrogen-bond acceptors (Lipinski definition) is 1. The summed E-state index contributed by atoms with van der Waals surface area (Å²) >= 11 is 1.49. The van der Waals surface area contributed by atoms with E-state index in [0.717, 1.165) is 6.92 Å². The van der Waals surface area contributed by atoms with Crippen LogP contribution in [0.5, 0.6) is 0 Å². The summed E-state index contributed by atoms with van der Waals surface area (Å²) in [5.74, 6) is -5.28. The van der Waals surface area contributed by atoms with E-state index >= 15 is 0 Å². The molecule has 6 heteroatoms. The predicted molar refractivity (Wildman–Crippen MR) is 34.1 cm³/mol. The molecule has 66 valence electrons. The van der Waals surface area contributed by atoms with Crippen molar-refractivity contribution in [3.05, 3.63) is 0 Å². The Balaban J connectivity index is 4.34. The summed E-state index contributed by atoms with van der Waals surface area (Å²) in [5, 5.41) is 0. The van der Waals surface area contributed by atoms with E-state index in [-0.39, 0.29) is 0 Å². The van der Waals surface area contributed by atoms with Gasteiger partial charge in [0.15, 0.2) is 0 Å². The number of Topliss-reactive ketones (excluding diaryl/α,β-unsaturated/α-hetero) is 1. The molecule has 11 heavy (non-hydrogen) atoms. The van der Waals surface area contributed by atoms with Gasteiger partial charge in [-0.1, -0.05) is 0 Å². The lowest BCUT2D eigenvalue weighted by molar-refractivity contribution is -0.159. The molecule has 0 aromatic heterocycles. The summed E-state index contributed by atoms with van der Waals surface area (Å²) in [5.41, 5.74) is 0. The van der Waals surface area contributed by atoms with Gasteiger partial charge in [-0.05, 0) is 22.9 Å². The topological polar surface area (TPSA) is 17.1 Å². The summed E-state index contributed by atoms with van der Waals surface area (Å²) in [4.78, 5) is 5.76. The molecule has 0 unspecified atom stereocenters. The first-order chi connectivity index (χ1) is 4.67. The predicted octanol–water partition coefficient (Wildman–Crippen LogP) is 2.59. The molecule has 0 aliphatic carbocycles. The third kappa shape index (κ3) is 3.18. The minimum absolute atomic E-state index is 0.826. The van der Waals surface area contributed by atoms with E-state index in [1.54, 1.807) is 0 Å². The zero-order valence-electron chi connectivity index (χ0n) is 5.51. The molecule has 0 aromatic carbocycles. The van der Waals surface area contributed by atoms with Crippen LogP contribution in [0.4, 0.5) is 17.6 Å². The molecule has 0 saturated heterocycles. The van der Waals surface area contributed by atoms with Gasteiger partial charge < -0.3 is 0 Å².